The molecule has 2 aromatic rings. The smallest absolute Gasteiger partial charge is 0.331 e. The monoisotopic (exact) mass is 252 g/mol. The zero-order valence-electron chi connectivity index (χ0n) is 10.9. The van der Waals surface area contributed by atoms with Crippen molar-refractivity contribution in [3.05, 3.63) is 72.3 Å². The first-order valence-electron chi connectivity index (χ1n) is 6.24. The summed E-state index contributed by atoms with van der Waals surface area (Å²) in [5, 5.41) is 2.27. The van der Waals surface area contributed by atoms with Gasteiger partial charge in [-0.05, 0) is 23.3 Å². The highest BCUT2D eigenvalue weighted by atomic mass is 16.5. The SMILES string of the molecule is C/C=C/C=C/C(=O)OCc1cccc2ccccc12. The normalized spacial score (nSPS) is 11.4. The van der Waals surface area contributed by atoms with Crippen molar-refractivity contribution in [1.82, 2.24) is 0 Å². The molecule has 2 heteroatoms. The Hall–Kier alpha value is -2.35. The average Bonchev–Trinajstić information content (AvgIpc) is 2.45. The van der Waals surface area contributed by atoms with Gasteiger partial charge in [-0.2, -0.15) is 0 Å². The van der Waals surface area contributed by atoms with E-state index >= 15 is 0 Å². The number of benzene rings is 2. The van der Waals surface area contributed by atoms with E-state index in [1.54, 1.807) is 12.2 Å². The van der Waals surface area contributed by atoms with Gasteiger partial charge in [0.2, 0.25) is 0 Å². The van der Waals surface area contributed by atoms with Crippen LogP contribution in [0.2, 0.25) is 0 Å². The van der Waals surface area contributed by atoms with Crippen LogP contribution in [0.5, 0.6) is 0 Å². The summed E-state index contributed by atoms with van der Waals surface area (Å²) in [7, 11) is 0. The van der Waals surface area contributed by atoms with Gasteiger partial charge >= 0.3 is 5.97 Å². The highest BCUT2D eigenvalue weighted by Crippen LogP contribution is 2.19. The quantitative estimate of drug-likeness (QED) is 0.467. The van der Waals surface area contributed by atoms with Crippen molar-refractivity contribution in [1.29, 1.82) is 0 Å². The second-order valence-corrected chi connectivity index (χ2v) is 4.13. The minimum atomic E-state index is -0.328. The first-order chi connectivity index (χ1) is 9.31. The van der Waals surface area contributed by atoms with E-state index in [-0.39, 0.29) is 5.97 Å². The fourth-order valence-corrected chi connectivity index (χ4v) is 1.86. The van der Waals surface area contributed by atoms with Crippen LogP contribution in [0.25, 0.3) is 10.8 Å². The molecule has 0 bridgehead atoms. The molecule has 96 valence electrons. The Kier molecular flexibility index (Phi) is 4.51. The number of allylic oxidation sites excluding steroid dienone is 3. The molecule has 0 amide bonds. The third kappa shape index (κ3) is 3.55. The van der Waals surface area contributed by atoms with Crippen LogP contribution in [0.4, 0.5) is 0 Å². The zero-order valence-corrected chi connectivity index (χ0v) is 10.9. The summed E-state index contributed by atoms with van der Waals surface area (Å²) in [5.74, 6) is -0.328. The topological polar surface area (TPSA) is 26.3 Å². The van der Waals surface area contributed by atoms with Crippen molar-refractivity contribution >= 4 is 16.7 Å². The van der Waals surface area contributed by atoms with Crippen LogP contribution in [0.1, 0.15) is 12.5 Å². The molecule has 0 unspecified atom stereocenters. The van der Waals surface area contributed by atoms with E-state index in [0.29, 0.717) is 6.61 Å². The first-order valence-corrected chi connectivity index (χ1v) is 6.24. The predicted octanol–water partition coefficient (Wildman–Crippen LogP) is 4.02. The molecule has 19 heavy (non-hydrogen) atoms. The second-order valence-electron chi connectivity index (χ2n) is 4.13. The molecule has 0 saturated heterocycles. The molecular formula is C17H16O2. The van der Waals surface area contributed by atoms with Gasteiger partial charge in [0.1, 0.15) is 6.61 Å². The van der Waals surface area contributed by atoms with E-state index in [2.05, 4.69) is 0 Å². The number of carbonyl (C=O) groups is 1. The van der Waals surface area contributed by atoms with Crippen molar-refractivity contribution < 1.29 is 9.53 Å². The van der Waals surface area contributed by atoms with Crippen molar-refractivity contribution in [2.24, 2.45) is 0 Å². The maximum atomic E-state index is 11.5. The van der Waals surface area contributed by atoms with Crippen LogP contribution in [0, 0.1) is 0 Å². The van der Waals surface area contributed by atoms with Crippen molar-refractivity contribution in [3.63, 3.8) is 0 Å². The Morgan fingerprint density at radius 1 is 1.11 bits per heavy atom. The molecule has 0 atom stereocenters. The Bertz CT molecular complexity index is 619. The van der Waals surface area contributed by atoms with Gasteiger partial charge in [0, 0.05) is 6.08 Å². The molecule has 0 aliphatic carbocycles. The standard InChI is InChI=1S/C17H16O2/c1-2-3-4-12-17(18)19-13-15-10-7-9-14-8-5-6-11-16(14)15/h2-12H,13H2,1H3/b3-2+,12-4+. The Morgan fingerprint density at radius 3 is 2.74 bits per heavy atom. The van der Waals surface area contributed by atoms with Crippen LogP contribution >= 0.6 is 0 Å². The largest absolute Gasteiger partial charge is 0.458 e. The van der Waals surface area contributed by atoms with Gasteiger partial charge in [-0.1, -0.05) is 60.7 Å². The van der Waals surface area contributed by atoms with Gasteiger partial charge in [-0.25, -0.2) is 4.79 Å². The number of hydrogen-bond acceptors (Lipinski definition) is 2. The van der Waals surface area contributed by atoms with Crippen molar-refractivity contribution in [3.8, 4) is 0 Å². The summed E-state index contributed by atoms with van der Waals surface area (Å²) < 4.78 is 5.22. The Labute approximate surface area is 113 Å². The lowest BCUT2D eigenvalue weighted by molar-refractivity contribution is -0.138. The van der Waals surface area contributed by atoms with E-state index in [4.69, 9.17) is 4.74 Å². The van der Waals surface area contributed by atoms with Gasteiger partial charge in [0.25, 0.3) is 0 Å². The Morgan fingerprint density at radius 2 is 1.89 bits per heavy atom. The van der Waals surface area contributed by atoms with Gasteiger partial charge < -0.3 is 4.74 Å². The molecule has 0 heterocycles. The summed E-state index contributed by atoms with van der Waals surface area (Å²) in [6.45, 7) is 2.19. The van der Waals surface area contributed by atoms with Gasteiger partial charge in [0.05, 0.1) is 0 Å². The Balaban J connectivity index is 2.08. The third-order valence-electron chi connectivity index (χ3n) is 2.79. The fourth-order valence-electron chi connectivity index (χ4n) is 1.86. The highest BCUT2D eigenvalue weighted by molar-refractivity contribution is 5.86. The lowest BCUT2D eigenvalue weighted by Gasteiger charge is -2.06. The number of esters is 1. The number of rotatable bonds is 4. The predicted molar refractivity (Wildman–Crippen MR) is 77.7 cm³/mol. The molecule has 0 spiro atoms. The molecule has 0 aliphatic heterocycles. The minimum Gasteiger partial charge on any atom is -0.458 e. The van der Waals surface area contributed by atoms with E-state index in [9.17, 15) is 4.79 Å². The number of hydrogen-bond donors (Lipinski definition) is 0. The minimum absolute atomic E-state index is 0.292. The lowest BCUT2D eigenvalue weighted by Crippen LogP contribution is -2.01. The van der Waals surface area contributed by atoms with Crippen molar-refractivity contribution in [2.45, 2.75) is 13.5 Å². The maximum absolute atomic E-state index is 11.5. The number of carbonyl (C=O) groups excluding carboxylic acids is 1. The maximum Gasteiger partial charge on any atom is 0.331 e. The number of ether oxygens (including phenoxy) is 1. The van der Waals surface area contributed by atoms with Crippen LogP contribution in [0.15, 0.2) is 66.8 Å². The second kappa shape index (κ2) is 6.55. The van der Waals surface area contributed by atoms with Crippen LogP contribution in [0.3, 0.4) is 0 Å². The molecule has 2 rings (SSSR count). The molecule has 2 aromatic carbocycles. The zero-order chi connectivity index (χ0) is 13.5. The molecule has 0 aromatic heterocycles. The summed E-state index contributed by atoms with van der Waals surface area (Å²) in [6, 6.07) is 14.1. The summed E-state index contributed by atoms with van der Waals surface area (Å²) in [6.07, 6.45) is 6.74. The average molecular weight is 252 g/mol. The molecule has 0 fully saturated rings. The molecule has 0 N–H and O–H groups in total. The van der Waals surface area contributed by atoms with Crippen LogP contribution < -0.4 is 0 Å². The van der Waals surface area contributed by atoms with Crippen LogP contribution in [-0.4, -0.2) is 5.97 Å². The van der Waals surface area contributed by atoms with Crippen molar-refractivity contribution in [2.75, 3.05) is 0 Å². The first kappa shape index (κ1) is 13.1. The lowest BCUT2D eigenvalue weighted by atomic mass is 10.1. The molecule has 0 saturated carbocycles. The summed E-state index contributed by atoms with van der Waals surface area (Å²) in [5.41, 5.74) is 1.02. The fraction of sp³-hybridized carbons (Fsp3) is 0.118. The van der Waals surface area contributed by atoms with E-state index < -0.39 is 0 Å². The van der Waals surface area contributed by atoms with E-state index in [1.807, 2.05) is 55.5 Å². The molecule has 0 aliphatic rings. The summed E-state index contributed by atoms with van der Waals surface area (Å²) in [4.78, 5) is 11.5. The van der Waals surface area contributed by atoms with Gasteiger partial charge in [-0.15, -0.1) is 0 Å². The summed E-state index contributed by atoms with van der Waals surface area (Å²) >= 11 is 0. The third-order valence-corrected chi connectivity index (χ3v) is 2.79. The van der Waals surface area contributed by atoms with E-state index in [1.165, 1.54) is 6.08 Å². The number of fused-ring (bicyclic) bond motifs is 1. The van der Waals surface area contributed by atoms with Gasteiger partial charge in [-0.3, -0.25) is 0 Å². The van der Waals surface area contributed by atoms with Crippen LogP contribution in [-0.2, 0) is 16.1 Å². The van der Waals surface area contributed by atoms with Gasteiger partial charge in [0.15, 0.2) is 0 Å². The van der Waals surface area contributed by atoms with E-state index in [0.717, 1.165) is 16.3 Å². The molecular weight excluding hydrogens is 236 g/mol. The molecule has 0 radical (unpaired) electrons. The molecule has 2 nitrogen and oxygen atoms in total. The highest BCUT2D eigenvalue weighted by Gasteiger charge is 2.02.